The van der Waals surface area contributed by atoms with E-state index in [9.17, 15) is 9.59 Å². The monoisotopic (exact) mass is 264 g/mol. The van der Waals surface area contributed by atoms with Crippen LogP contribution in [0.25, 0.3) is 0 Å². The quantitative estimate of drug-likeness (QED) is 0.807. The molecule has 0 radical (unpaired) electrons. The van der Waals surface area contributed by atoms with Crippen LogP contribution in [0, 0.1) is 0 Å². The number of benzene rings is 1. The highest BCUT2D eigenvalue weighted by Crippen LogP contribution is 2.10. The molecule has 0 saturated carbocycles. The van der Waals surface area contributed by atoms with Crippen molar-refractivity contribution in [1.29, 1.82) is 0 Å². The van der Waals surface area contributed by atoms with E-state index in [1.54, 1.807) is 25.2 Å². The van der Waals surface area contributed by atoms with Gasteiger partial charge in [-0.1, -0.05) is 12.1 Å². The molecule has 0 aliphatic carbocycles. The number of carbonyl (C=O) groups is 2. The van der Waals surface area contributed by atoms with Crippen LogP contribution < -0.4 is 5.32 Å². The molecule has 0 heterocycles. The fourth-order valence-corrected chi connectivity index (χ4v) is 1.75. The van der Waals surface area contributed by atoms with Gasteiger partial charge in [-0.05, 0) is 31.7 Å². The van der Waals surface area contributed by atoms with Gasteiger partial charge in [-0.2, -0.15) is 0 Å². The van der Waals surface area contributed by atoms with Crippen molar-refractivity contribution in [2.75, 3.05) is 21.2 Å². The highest BCUT2D eigenvalue weighted by atomic mass is 16.5. The summed E-state index contributed by atoms with van der Waals surface area (Å²) in [7, 11) is 4.84. The Balaban J connectivity index is 2.77. The summed E-state index contributed by atoms with van der Waals surface area (Å²) in [5.41, 5.74) is 1.47. The molecule has 0 saturated heterocycles. The third kappa shape index (κ3) is 4.06. The van der Waals surface area contributed by atoms with Gasteiger partial charge in [0.2, 0.25) is 5.91 Å². The average Bonchev–Trinajstić information content (AvgIpc) is 2.44. The number of ether oxygens (including phenoxy) is 1. The van der Waals surface area contributed by atoms with Gasteiger partial charge in [0.25, 0.3) is 0 Å². The standard InChI is InChI=1S/C14H20N2O3/c1-10(13(17)15-2)16(3)9-11-6-5-7-12(8-11)14(18)19-4/h5-8,10H,9H2,1-4H3,(H,15,17). The zero-order valence-electron chi connectivity index (χ0n) is 11.8. The summed E-state index contributed by atoms with van der Waals surface area (Å²) in [5.74, 6) is -0.393. The van der Waals surface area contributed by atoms with Crippen LogP contribution >= 0.6 is 0 Å². The molecule has 0 fully saturated rings. The summed E-state index contributed by atoms with van der Waals surface area (Å²) in [6.07, 6.45) is 0. The zero-order chi connectivity index (χ0) is 14.4. The zero-order valence-corrected chi connectivity index (χ0v) is 11.8. The van der Waals surface area contributed by atoms with E-state index in [-0.39, 0.29) is 17.9 Å². The Kier molecular flexibility index (Phi) is 5.51. The smallest absolute Gasteiger partial charge is 0.337 e. The lowest BCUT2D eigenvalue weighted by atomic mass is 10.1. The number of amides is 1. The van der Waals surface area contributed by atoms with Crippen LogP contribution in [0.5, 0.6) is 0 Å². The summed E-state index contributed by atoms with van der Waals surface area (Å²) in [6.45, 7) is 2.42. The largest absolute Gasteiger partial charge is 0.465 e. The average molecular weight is 264 g/mol. The third-order valence-electron chi connectivity index (χ3n) is 3.07. The van der Waals surface area contributed by atoms with Gasteiger partial charge in [0.15, 0.2) is 0 Å². The first-order valence-electron chi connectivity index (χ1n) is 6.08. The normalized spacial score (nSPS) is 12.1. The number of likely N-dealkylation sites (N-methyl/N-ethyl adjacent to an activating group) is 2. The Bertz CT molecular complexity index is 460. The van der Waals surface area contributed by atoms with Crippen LogP contribution in [0.2, 0.25) is 0 Å². The fraction of sp³-hybridized carbons (Fsp3) is 0.429. The maximum Gasteiger partial charge on any atom is 0.337 e. The van der Waals surface area contributed by atoms with Gasteiger partial charge in [0.05, 0.1) is 18.7 Å². The first kappa shape index (κ1) is 15.2. The summed E-state index contributed by atoms with van der Waals surface area (Å²) >= 11 is 0. The number of nitrogens with one attached hydrogen (secondary N) is 1. The second-order valence-corrected chi connectivity index (χ2v) is 4.40. The Morgan fingerprint density at radius 1 is 1.42 bits per heavy atom. The highest BCUT2D eigenvalue weighted by Gasteiger charge is 2.17. The minimum atomic E-state index is -0.358. The van der Waals surface area contributed by atoms with Gasteiger partial charge < -0.3 is 10.1 Å². The molecule has 5 heteroatoms. The summed E-state index contributed by atoms with van der Waals surface area (Å²) < 4.78 is 4.68. The minimum absolute atomic E-state index is 0.0355. The first-order valence-corrected chi connectivity index (χ1v) is 6.08. The molecule has 1 rings (SSSR count). The molecule has 0 bridgehead atoms. The molecule has 19 heavy (non-hydrogen) atoms. The maximum atomic E-state index is 11.5. The van der Waals surface area contributed by atoms with E-state index in [4.69, 9.17) is 0 Å². The highest BCUT2D eigenvalue weighted by molar-refractivity contribution is 5.89. The van der Waals surface area contributed by atoms with Gasteiger partial charge in [-0.3, -0.25) is 9.69 Å². The van der Waals surface area contributed by atoms with Crippen molar-refractivity contribution < 1.29 is 14.3 Å². The number of hydrogen-bond donors (Lipinski definition) is 1. The lowest BCUT2D eigenvalue weighted by Gasteiger charge is -2.23. The second kappa shape index (κ2) is 6.89. The Labute approximate surface area is 113 Å². The van der Waals surface area contributed by atoms with E-state index in [0.717, 1.165) is 5.56 Å². The maximum absolute atomic E-state index is 11.5. The van der Waals surface area contributed by atoms with Crippen molar-refractivity contribution in [3.8, 4) is 0 Å². The van der Waals surface area contributed by atoms with Crippen LogP contribution in [0.15, 0.2) is 24.3 Å². The van der Waals surface area contributed by atoms with E-state index in [1.807, 2.05) is 24.9 Å². The van der Waals surface area contributed by atoms with Crippen LogP contribution in [0.3, 0.4) is 0 Å². The second-order valence-electron chi connectivity index (χ2n) is 4.40. The molecule has 1 N–H and O–H groups in total. The van der Waals surface area contributed by atoms with E-state index >= 15 is 0 Å². The van der Waals surface area contributed by atoms with Gasteiger partial charge in [0, 0.05) is 13.6 Å². The predicted octanol–water partition coefficient (Wildman–Crippen LogP) is 1.04. The Morgan fingerprint density at radius 2 is 2.11 bits per heavy atom. The number of esters is 1. The van der Waals surface area contributed by atoms with Crippen LogP contribution in [-0.4, -0.2) is 44.0 Å². The molecule has 1 aromatic carbocycles. The van der Waals surface area contributed by atoms with E-state index in [0.29, 0.717) is 12.1 Å². The molecule has 1 atom stereocenters. The van der Waals surface area contributed by atoms with Crippen molar-refractivity contribution in [1.82, 2.24) is 10.2 Å². The summed E-state index contributed by atoms with van der Waals surface area (Å²) in [6, 6.07) is 6.97. The molecule has 1 unspecified atom stereocenters. The lowest BCUT2D eigenvalue weighted by Crippen LogP contribution is -2.41. The molecule has 0 aliphatic heterocycles. The number of rotatable bonds is 5. The Hall–Kier alpha value is -1.88. The van der Waals surface area contributed by atoms with Gasteiger partial charge in [-0.15, -0.1) is 0 Å². The topological polar surface area (TPSA) is 58.6 Å². The predicted molar refractivity (Wildman–Crippen MR) is 72.8 cm³/mol. The van der Waals surface area contributed by atoms with Crippen LogP contribution in [0.4, 0.5) is 0 Å². The molecular weight excluding hydrogens is 244 g/mol. The minimum Gasteiger partial charge on any atom is -0.465 e. The molecule has 1 aromatic rings. The summed E-state index contributed by atoms with van der Waals surface area (Å²) in [5, 5.41) is 2.62. The van der Waals surface area contributed by atoms with Crippen LogP contribution in [-0.2, 0) is 16.1 Å². The number of nitrogens with zero attached hydrogens (tertiary/aromatic N) is 1. The lowest BCUT2D eigenvalue weighted by molar-refractivity contribution is -0.125. The molecule has 0 aliphatic rings. The molecular formula is C14H20N2O3. The number of methoxy groups -OCH3 is 1. The molecule has 104 valence electrons. The van der Waals surface area contributed by atoms with Crippen LogP contribution in [0.1, 0.15) is 22.8 Å². The van der Waals surface area contributed by atoms with Crippen molar-refractivity contribution >= 4 is 11.9 Å². The summed E-state index contributed by atoms with van der Waals surface area (Å²) in [4.78, 5) is 24.9. The van der Waals surface area contributed by atoms with E-state index in [2.05, 4.69) is 10.1 Å². The van der Waals surface area contributed by atoms with Crippen molar-refractivity contribution in [2.45, 2.75) is 19.5 Å². The van der Waals surface area contributed by atoms with Gasteiger partial charge in [-0.25, -0.2) is 4.79 Å². The fourth-order valence-electron chi connectivity index (χ4n) is 1.75. The molecule has 0 spiro atoms. The van der Waals surface area contributed by atoms with Crippen molar-refractivity contribution in [3.05, 3.63) is 35.4 Å². The first-order chi connectivity index (χ1) is 8.99. The van der Waals surface area contributed by atoms with Crippen molar-refractivity contribution in [2.24, 2.45) is 0 Å². The Morgan fingerprint density at radius 3 is 2.68 bits per heavy atom. The molecule has 1 amide bonds. The third-order valence-corrected chi connectivity index (χ3v) is 3.07. The van der Waals surface area contributed by atoms with Crippen molar-refractivity contribution in [3.63, 3.8) is 0 Å². The van der Waals surface area contributed by atoms with Gasteiger partial charge in [0.1, 0.15) is 0 Å². The number of carbonyl (C=O) groups excluding carboxylic acids is 2. The molecule has 0 aromatic heterocycles. The van der Waals surface area contributed by atoms with E-state index < -0.39 is 0 Å². The SMILES string of the molecule is CNC(=O)C(C)N(C)Cc1cccc(C(=O)OC)c1. The van der Waals surface area contributed by atoms with E-state index in [1.165, 1.54) is 7.11 Å². The number of hydrogen-bond acceptors (Lipinski definition) is 4. The molecule has 5 nitrogen and oxygen atoms in total. The van der Waals surface area contributed by atoms with Gasteiger partial charge >= 0.3 is 5.97 Å².